The molecule has 178 valence electrons. The Morgan fingerprint density at radius 3 is 2.38 bits per heavy atom. The second kappa shape index (κ2) is 10.5. The number of hydrogen-bond donors (Lipinski definition) is 0. The number of piperidine rings is 1. The number of aryl methyl sites for hydroxylation is 1. The Morgan fingerprint density at radius 1 is 1.03 bits per heavy atom. The maximum absolute atomic E-state index is 12.8. The van der Waals surface area contributed by atoms with Gasteiger partial charge in [0, 0.05) is 31.5 Å². The van der Waals surface area contributed by atoms with Crippen LogP contribution in [0, 0.1) is 0 Å². The highest BCUT2D eigenvalue weighted by atomic mass is 16.5. The second-order valence-electron chi connectivity index (χ2n) is 8.41. The lowest BCUT2D eigenvalue weighted by Gasteiger charge is -2.40. The molecular weight excluding hydrogens is 434 g/mol. The zero-order valence-electron chi connectivity index (χ0n) is 19.5. The van der Waals surface area contributed by atoms with Gasteiger partial charge in [0.15, 0.2) is 0 Å². The van der Waals surface area contributed by atoms with Gasteiger partial charge in [0.1, 0.15) is 5.75 Å². The molecule has 1 fully saturated rings. The molecule has 2 aromatic carbocycles. The Kier molecular flexibility index (Phi) is 7.25. The van der Waals surface area contributed by atoms with E-state index in [-0.39, 0.29) is 11.9 Å². The van der Waals surface area contributed by atoms with Crippen molar-refractivity contribution in [2.75, 3.05) is 27.3 Å². The molecule has 0 unspecified atom stereocenters. The van der Waals surface area contributed by atoms with Gasteiger partial charge in [0.2, 0.25) is 17.6 Å². The van der Waals surface area contributed by atoms with Crippen molar-refractivity contribution in [2.24, 2.45) is 0 Å². The smallest absolute Gasteiger partial charge is 0.316 e. The number of esters is 1. The number of amides is 1. The van der Waals surface area contributed by atoms with Crippen LogP contribution in [0.1, 0.15) is 37.1 Å². The van der Waals surface area contributed by atoms with Crippen molar-refractivity contribution in [3.8, 4) is 17.1 Å². The van der Waals surface area contributed by atoms with Gasteiger partial charge in [0.25, 0.3) is 0 Å². The van der Waals surface area contributed by atoms with Gasteiger partial charge in [-0.05, 0) is 49.1 Å². The molecule has 0 radical (unpaired) electrons. The van der Waals surface area contributed by atoms with Crippen LogP contribution in [0.5, 0.6) is 5.75 Å². The Bertz CT molecular complexity index is 1100. The van der Waals surface area contributed by atoms with Crippen molar-refractivity contribution in [3.63, 3.8) is 0 Å². The zero-order chi connectivity index (χ0) is 24.0. The van der Waals surface area contributed by atoms with Crippen LogP contribution < -0.4 is 4.74 Å². The molecule has 3 aromatic rings. The summed E-state index contributed by atoms with van der Waals surface area (Å²) in [5.74, 6) is 1.61. The van der Waals surface area contributed by atoms with Crippen molar-refractivity contribution in [1.82, 2.24) is 15.0 Å². The number of ether oxygens (including phenoxy) is 2. The van der Waals surface area contributed by atoms with E-state index in [2.05, 4.69) is 10.1 Å². The number of rotatable bonds is 8. The van der Waals surface area contributed by atoms with Gasteiger partial charge in [-0.15, -0.1) is 0 Å². The molecule has 8 nitrogen and oxygen atoms in total. The van der Waals surface area contributed by atoms with E-state index in [4.69, 9.17) is 14.0 Å². The number of nitrogens with zero attached hydrogens (tertiary/aromatic N) is 3. The third-order valence-corrected chi connectivity index (χ3v) is 6.47. The van der Waals surface area contributed by atoms with E-state index in [1.807, 2.05) is 59.5 Å². The molecular formula is C26H29N3O5. The molecule has 1 aromatic heterocycles. The van der Waals surface area contributed by atoms with E-state index in [0.717, 1.165) is 16.9 Å². The summed E-state index contributed by atoms with van der Waals surface area (Å²) in [4.78, 5) is 31.7. The summed E-state index contributed by atoms with van der Waals surface area (Å²) in [5.41, 5.74) is 1.08. The fourth-order valence-electron chi connectivity index (χ4n) is 4.46. The Balaban J connectivity index is 1.29. The van der Waals surface area contributed by atoms with Crippen LogP contribution >= 0.6 is 0 Å². The van der Waals surface area contributed by atoms with Crippen molar-refractivity contribution in [3.05, 3.63) is 66.1 Å². The van der Waals surface area contributed by atoms with Crippen molar-refractivity contribution >= 4 is 11.9 Å². The SMILES string of the molecule is COC(=O)C1(c2ccccc2)CCN(C(=O)CCCc2nc(-c3ccc(OC)cc3)no2)CC1. The van der Waals surface area contributed by atoms with Gasteiger partial charge >= 0.3 is 5.97 Å². The minimum absolute atomic E-state index is 0.0708. The summed E-state index contributed by atoms with van der Waals surface area (Å²) in [6.07, 6.45) is 2.62. The largest absolute Gasteiger partial charge is 0.497 e. The highest BCUT2D eigenvalue weighted by Crippen LogP contribution is 2.37. The topological polar surface area (TPSA) is 94.8 Å². The molecule has 1 saturated heterocycles. The van der Waals surface area contributed by atoms with Crippen LogP contribution in [0.3, 0.4) is 0 Å². The summed E-state index contributed by atoms with van der Waals surface area (Å²) in [7, 11) is 3.04. The summed E-state index contributed by atoms with van der Waals surface area (Å²) >= 11 is 0. The number of aromatic nitrogens is 2. The molecule has 0 spiro atoms. The van der Waals surface area contributed by atoms with Crippen LogP contribution in [0.4, 0.5) is 0 Å². The van der Waals surface area contributed by atoms with Crippen LogP contribution in [0.15, 0.2) is 59.1 Å². The molecule has 1 amide bonds. The predicted molar refractivity (Wildman–Crippen MR) is 125 cm³/mol. The monoisotopic (exact) mass is 463 g/mol. The molecule has 0 N–H and O–H groups in total. The summed E-state index contributed by atoms with van der Waals surface area (Å²) in [6.45, 7) is 1.04. The normalized spacial score (nSPS) is 15.1. The molecule has 4 rings (SSSR count). The maximum Gasteiger partial charge on any atom is 0.316 e. The molecule has 8 heteroatoms. The molecule has 1 aliphatic heterocycles. The lowest BCUT2D eigenvalue weighted by molar-refractivity contribution is -0.151. The van der Waals surface area contributed by atoms with Crippen LogP contribution in [-0.2, 0) is 26.2 Å². The number of likely N-dealkylation sites (tertiary alicyclic amines) is 1. The highest BCUT2D eigenvalue weighted by molar-refractivity contribution is 5.84. The van der Waals surface area contributed by atoms with Gasteiger partial charge in [-0.3, -0.25) is 9.59 Å². The molecule has 0 atom stereocenters. The summed E-state index contributed by atoms with van der Waals surface area (Å²) in [5, 5.41) is 4.03. The third kappa shape index (κ3) is 4.95. The molecule has 34 heavy (non-hydrogen) atoms. The molecule has 0 aliphatic carbocycles. The van der Waals surface area contributed by atoms with Crippen LogP contribution in [-0.4, -0.2) is 54.2 Å². The van der Waals surface area contributed by atoms with Crippen molar-refractivity contribution in [1.29, 1.82) is 0 Å². The summed E-state index contributed by atoms with van der Waals surface area (Å²) < 4.78 is 15.6. The average Bonchev–Trinajstić information content (AvgIpc) is 3.37. The van der Waals surface area contributed by atoms with E-state index < -0.39 is 5.41 Å². The van der Waals surface area contributed by atoms with Gasteiger partial charge < -0.3 is 18.9 Å². The second-order valence-corrected chi connectivity index (χ2v) is 8.41. The fourth-order valence-corrected chi connectivity index (χ4v) is 4.46. The fraction of sp³-hybridized carbons (Fsp3) is 0.385. The quantitative estimate of drug-likeness (QED) is 0.469. The van der Waals surface area contributed by atoms with Crippen LogP contribution in [0.2, 0.25) is 0 Å². The number of carbonyl (C=O) groups is 2. The first-order valence-corrected chi connectivity index (χ1v) is 11.4. The van der Waals surface area contributed by atoms with Crippen LogP contribution in [0.25, 0.3) is 11.4 Å². The minimum atomic E-state index is -0.700. The lowest BCUT2D eigenvalue weighted by atomic mass is 9.72. The Morgan fingerprint density at radius 2 is 1.74 bits per heavy atom. The third-order valence-electron chi connectivity index (χ3n) is 6.47. The number of methoxy groups -OCH3 is 2. The highest BCUT2D eigenvalue weighted by Gasteiger charge is 2.44. The first-order valence-electron chi connectivity index (χ1n) is 11.4. The standard InChI is InChI=1S/C26H29N3O5/c1-32-21-13-11-19(12-14-21)24-27-22(34-28-24)9-6-10-23(30)29-17-15-26(16-18-29,25(31)33-2)20-7-4-3-5-8-20/h3-5,7-8,11-14H,6,9-10,15-18H2,1-2H3. The van der Waals surface area contributed by atoms with Gasteiger partial charge in [-0.25, -0.2) is 0 Å². The van der Waals surface area contributed by atoms with Gasteiger partial charge in [0.05, 0.1) is 19.6 Å². The molecule has 2 heterocycles. The van der Waals surface area contributed by atoms with Gasteiger partial charge in [-0.1, -0.05) is 35.5 Å². The molecule has 0 saturated carbocycles. The van der Waals surface area contributed by atoms with E-state index in [0.29, 0.717) is 56.9 Å². The first kappa shape index (κ1) is 23.5. The predicted octanol–water partition coefficient (Wildman–Crippen LogP) is 3.80. The van der Waals surface area contributed by atoms with E-state index in [1.165, 1.54) is 7.11 Å². The lowest BCUT2D eigenvalue weighted by Crippen LogP contribution is -2.49. The van der Waals surface area contributed by atoms with E-state index in [1.54, 1.807) is 7.11 Å². The number of benzene rings is 2. The van der Waals surface area contributed by atoms with E-state index in [9.17, 15) is 9.59 Å². The van der Waals surface area contributed by atoms with Gasteiger partial charge in [-0.2, -0.15) is 4.98 Å². The van der Waals surface area contributed by atoms with E-state index >= 15 is 0 Å². The molecule has 0 bridgehead atoms. The summed E-state index contributed by atoms with van der Waals surface area (Å²) in [6, 6.07) is 17.1. The average molecular weight is 464 g/mol. The zero-order valence-corrected chi connectivity index (χ0v) is 19.5. The number of carbonyl (C=O) groups excluding carboxylic acids is 2. The van der Waals surface area contributed by atoms with Crippen molar-refractivity contribution in [2.45, 2.75) is 37.5 Å². The minimum Gasteiger partial charge on any atom is -0.497 e. The number of hydrogen-bond acceptors (Lipinski definition) is 7. The maximum atomic E-state index is 12.8. The first-order chi connectivity index (χ1) is 16.6. The molecule has 1 aliphatic rings. The van der Waals surface area contributed by atoms with Crippen molar-refractivity contribution < 1.29 is 23.6 Å². The Labute approximate surface area is 198 Å². The Hall–Kier alpha value is -3.68.